The maximum atomic E-state index is 11.9. The second kappa shape index (κ2) is 5.93. The Labute approximate surface area is 96.3 Å². The molecule has 0 bridgehead atoms. The van der Waals surface area contributed by atoms with Crippen molar-refractivity contribution >= 4 is 11.9 Å². The van der Waals surface area contributed by atoms with Gasteiger partial charge in [0.1, 0.15) is 0 Å². The molecule has 4 nitrogen and oxygen atoms in total. The molecule has 0 aliphatic heterocycles. The number of carboxylic acids is 1. The summed E-state index contributed by atoms with van der Waals surface area (Å²) >= 11 is 0. The quantitative estimate of drug-likeness (QED) is 0.816. The highest BCUT2D eigenvalue weighted by molar-refractivity contribution is 5.79. The van der Waals surface area contributed by atoms with Crippen LogP contribution in [0, 0.1) is 0 Å². The zero-order valence-corrected chi connectivity index (χ0v) is 8.82. The molecule has 2 N–H and O–H groups in total. The molecule has 0 aliphatic rings. The Morgan fingerprint density at radius 1 is 1.24 bits per heavy atom. The van der Waals surface area contributed by atoms with E-state index in [-0.39, 0.29) is 13.0 Å². The first-order valence-corrected chi connectivity index (χ1v) is 4.85. The Balaban J connectivity index is 2.70. The summed E-state index contributed by atoms with van der Waals surface area (Å²) in [6.07, 6.45) is -3.28. The molecule has 0 saturated heterocycles. The van der Waals surface area contributed by atoms with Crippen LogP contribution < -0.4 is 5.32 Å². The molecule has 0 aliphatic carbocycles. The number of halogens is 2. The van der Waals surface area contributed by atoms with Crippen molar-refractivity contribution in [3.63, 3.8) is 0 Å². The Kier molecular flexibility index (Phi) is 4.56. The van der Waals surface area contributed by atoms with Gasteiger partial charge in [-0.1, -0.05) is 24.3 Å². The molecule has 17 heavy (non-hydrogen) atoms. The van der Waals surface area contributed by atoms with E-state index in [1.54, 1.807) is 24.3 Å². The van der Waals surface area contributed by atoms with Crippen LogP contribution in [0.3, 0.4) is 0 Å². The zero-order valence-electron chi connectivity index (χ0n) is 8.82. The Morgan fingerprint density at radius 3 is 2.35 bits per heavy atom. The number of nitrogens with one attached hydrogen (secondary N) is 1. The fraction of sp³-hybridized carbons (Fsp3) is 0.273. The summed E-state index contributed by atoms with van der Waals surface area (Å²) in [6, 6.07) is 6.47. The summed E-state index contributed by atoms with van der Waals surface area (Å²) < 4.78 is 23.9. The van der Waals surface area contributed by atoms with Gasteiger partial charge in [0.05, 0.1) is 6.42 Å². The maximum Gasteiger partial charge on any atom is 0.315 e. The van der Waals surface area contributed by atoms with E-state index in [9.17, 15) is 18.4 Å². The van der Waals surface area contributed by atoms with E-state index < -0.39 is 18.3 Å². The molecule has 92 valence electrons. The van der Waals surface area contributed by atoms with Crippen molar-refractivity contribution in [2.75, 3.05) is 0 Å². The smallest absolute Gasteiger partial charge is 0.315 e. The van der Waals surface area contributed by atoms with Crippen molar-refractivity contribution < 1.29 is 23.5 Å². The monoisotopic (exact) mass is 243 g/mol. The minimum absolute atomic E-state index is 0.105. The number of hydrogen-bond acceptors (Lipinski definition) is 2. The van der Waals surface area contributed by atoms with Crippen LogP contribution in [0.4, 0.5) is 8.78 Å². The number of carbonyl (C=O) groups is 2. The van der Waals surface area contributed by atoms with Crippen molar-refractivity contribution in [2.24, 2.45) is 0 Å². The highest BCUT2D eigenvalue weighted by Crippen LogP contribution is 2.09. The van der Waals surface area contributed by atoms with Crippen LogP contribution in [0.15, 0.2) is 24.3 Å². The molecule has 0 spiro atoms. The molecule has 0 radical (unpaired) electrons. The van der Waals surface area contributed by atoms with Crippen molar-refractivity contribution in [3.05, 3.63) is 35.4 Å². The summed E-state index contributed by atoms with van der Waals surface area (Å²) in [5.41, 5.74) is 1.01. The van der Waals surface area contributed by atoms with E-state index in [0.29, 0.717) is 11.1 Å². The van der Waals surface area contributed by atoms with Gasteiger partial charge in [0, 0.05) is 6.54 Å². The fourth-order valence-corrected chi connectivity index (χ4v) is 1.32. The molecule has 0 fully saturated rings. The minimum atomic E-state index is -3.07. The zero-order chi connectivity index (χ0) is 12.8. The third-order valence-electron chi connectivity index (χ3n) is 2.11. The van der Waals surface area contributed by atoms with Crippen LogP contribution in [-0.2, 0) is 22.6 Å². The first-order valence-electron chi connectivity index (χ1n) is 4.85. The minimum Gasteiger partial charge on any atom is -0.481 e. The molecule has 1 amide bonds. The van der Waals surface area contributed by atoms with Gasteiger partial charge >= 0.3 is 12.4 Å². The van der Waals surface area contributed by atoms with Gasteiger partial charge in [-0.15, -0.1) is 0 Å². The summed E-state index contributed by atoms with van der Waals surface area (Å²) in [5, 5.41) is 10.7. The molecule has 0 unspecified atom stereocenters. The van der Waals surface area contributed by atoms with E-state index in [1.807, 2.05) is 5.32 Å². The molecule has 0 atom stereocenters. The summed E-state index contributed by atoms with van der Waals surface area (Å²) in [4.78, 5) is 21.2. The van der Waals surface area contributed by atoms with Crippen LogP contribution >= 0.6 is 0 Å². The SMILES string of the molecule is O=C(O)Cc1ccccc1CNC(=O)C(F)F. The first-order chi connectivity index (χ1) is 8.00. The first kappa shape index (κ1) is 13.1. The third-order valence-corrected chi connectivity index (χ3v) is 2.11. The molecular formula is C11H11F2NO3. The van der Waals surface area contributed by atoms with Crippen molar-refractivity contribution in [2.45, 2.75) is 19.4 Å². The predicted octanol–water partition coefficient (Wildman–Crippen LogP) is 1.20. The maximum absolute atomic E-state index is 11.9. The average Bonchev–Trinajstić information content (AvgIpc) is 2.26. The highest BCUT2D eigenvalue weighted by atomic mass is 19.3. The van der Waals surface area contributed by atoms with Crippen LogP contribution in [0.2, 0.25) is 0 Å². The summed E-state index contributed by atoms with van der Waals surface area (Å²) in [7, 11) is 0. The lowest BCUT2D eigenvalue weighted by Gasteiger charge is -2.08. The number of aliphatic carboxylic acids is 1. The largest absolute Gasteiger partial charge is 0.481 e. The second-order valence-corrected chi connectivity index (χ2v) is 3.36. The molecular weight excluding hydrogens is 232 g/mol. The lowest BCUT2D eigenvalue weighted by Crippen LogP contribution is -2.29. The van der Waals surface area contributed by atoms with Gasteiger partial charge in [0.25, 0.3) is 5.91 Å². The third kappa shape index (κ3) is 4.18. The van der Waals surface area contributed by atoms with Crippen LogP contribution in [0.25, 0.3) is 0 Å². The second-order valence-electron chi connectivity index (χ2n) is 3.36. The average molecular weight is 243 g/mol. The number of carboxylic acid groups (broad SMARTS) is 1. The Hall–Kier alpha value is -1.98. The number of carbonyl (C=O) groups excluding carboxylic acids is 1. The van der Waals surface area contributed by atoms with Crippen LogP contribution in [0.1, 0.15) is 11.1 Å². The van der Waals surface area contributed by atoms with Crippen LogP contribution in [0.5, 0.6) is 0 Å². The molecule has 0 saturated carbocycles. The number of alkyl halides is 2. The van der Waals surface area contributed by atoms with Gasteiger partial charge in [-0.3, -0.25) is 9.59 Å². The van der Waals surface area contributed by atoms with Crippen molar-refractivity contribution in [1.29, 1.82) is 0 Å². The van der Waals surface area contributed by atoms with Crippen LogP contribution in [-0.4, -0.2) is 23.4 Å². The van der Waals surface area contributed by atoms with E-state index in [4.69, 9.17) is 5.11 Å². The van der Waals surface area contributed by atoms with Gasteiger partial charge in [-0.2, -0.15) is 8.78 Å². The Morgan fingerprint density at radius 2 is 1.82 bits per heavy atom. The van der Waals surface area contributed by atoms with Gasteiger partial charge in [-0.25, -0.2) is 0 Å². The van der Waals surface area contributed by atoms with E-state index in [1.165, 1.54) is 0 Å². The molecule has 0 aromatic heterocycles. The lowest BCUT2D eigenvalue weighted by molar-refractivity contribution is -0.136. The molecule has 0 heterocycles. The predicted molar refractivity (Wildman–Crippen MR) is 55.6 cm³/mol. The molecule has 6 heteroatoms. The molecule has 1 aromatic rings. The molecule has 1 aromatic carbocycles. The molecule has 1 rings (SSSR count). The van der Waals surface area contributed by atoms with E-state index >= 15 is 0 Å². The van der Waals surface area contributed by atoms with Gasteiger partial charge in [0.2, 0.25) is 0 Å². The van der Waals surface area contributed by atoms with E-state index in [0.717, 1.165) is 0 Å². The van der Waals surface area contributed by atoms with Crippen molar-refractivity contribution in [3.8, 4) is 0 Å². The number of amides is 1. The fourth-order valence-electron chi connectivity index (χ4n) is 1.32. The van der Waals surface area contributed by atoms with Gasteiger partial charge < -0.3 is 10.4 Å². The normalized spacial score (nSPS) is 10.3. The standard InChI is InChI=1S/C11H11F2NO3/c12-10(13)11(17)14-6-8-4-2-1-3-7(8)5-9(15)16/h1-4,10H,5-6H2,(H,14,17)(H,15,16). The Bertz CT molecular complexity index is 421. The number of benzene rings is 1. The van der Waals surface area contributed by atoms with Gasteiger partial charge in [-0.05, 0) is 11.1 Å². The summed E-state index contributed by atoms with van der Waals surface area (Å²) in [6.45, 7) is -0.105. The van der Waals surface area contributed by atoms with E-state index in [2.05, 4.69) is 0 Å². The lowest BCUT2D eigenvalue weighted by atomic mass is 10.0. The highest BCUT2D eigenvalue weighted by Gasteiger charge is 2.15. The number of hydrogen-bond donors (Lipinski definition) is 2. The van der Waals surface area contributed by atoms with Gasteiger partial charge in [0.15, 0.2) is 0 Å². The summed E-state index contributed by atoms with van der Waals surface area (Å²) in [5.74, 6) is -2.38. The number of rotatable bonds is 5. The topological polar surface area (TPSA) is 66.4 Å². The van der Waals surface area contributed by atoms with Crippen molar-refractivity contribution in [1.82, 2.24) is 5.32 Å².